The minimum Gasteiger partial charge on any atom is -0.380 e. The number of aromatic nitrogens is 5. The molecule has 25 heavy (non-hydrogen) atoms. The van der Waals surface area contributed by atoms with Gasteiger partial charge in [-0.1, -0.05) is 5.16 Å². The van der Waals surface area contributed by atoms with E-state index in [9.17, 15) is 0 Å². The van der Waals surface area contributed by atoms with Crippen LogP contribution >= 0.6 is 0 Å². The quantitative estimate of drug-likeness (QED) is 0.767. The molecule has 2 aliphatic rings. The summed E-state index contributed by atoms with van der Waals surface area (Å²) in [5.74, 6) is 2.48. The number of imidazole rings is 1. The summed E-state index contributed by atoms with van der Waals surface area (Å²) in [7, 11) is 0. The van der Waals surface area contributed by atoms with Gasteiger partial charge in [0.2, 0.25) is 11.7 Å². The Kier molecular flexibility index (Phi) is 3.39. The van der Waals surface area contributed by atoms with Crippen molar-refractivity contribution in [2.75, 3.05) is 26.3 Å². The van der Waals surface area contributed by atoms with Crippen LogP contribution in [0.25, 0.3) is 17.2 Å². The summed E-state index contributed by atoms with van der Waals surface area (Å²) in [6, 6.07) is 3.81. The first kappa shape index (κ1) is 14.7. The number of nitrogens with one attached hydrogen (secondary N) is 1. The van der Waals surface area contributed by atoms with Gasteiger partial charge in [0.05, 0.1) is 12.0 Å². The normalized spacial score (nSPS) is 25.8. The predicted molar refractivity (Wildman–Crippen MR) is 88.1 cm³/mol. The Labute approximate surface area is 144 Å². The lowest BCUT2D eigenvalue weighted by molar-refractivity contribution is 0.00198. The van der Waals surface area contributed by atoms with Crippen molar-refractivity contribution in [3.8, 4) is 17.2 Å². The molecule has 0 saturated carbocycles. The molecular weight excluding hydrogens is 320 g/mol. The topological polar surface area (TPSA) is 90.9 Å². The van der Waals surface area contributed by atoms with Crippen LogP contribution in [-0.2, 0) is 10.2 Å². The molecule has 8 nitrogen and oxygen atoms in total. The number of ether oxygens (including phenoxy) is 1. The van der Waals surface area contributed by atoms with Crippen LogP contribution in [0.1, 0.15) is 12.3 Å². The van der Waals surface area contributed by atoms with E-state index in [1.54, 1.807) is 18.7 Å². The Morgan fingerprint density at radius 2 is 2.32 bits per heavy atom. The second-order valence-corrected chi connectivity index (χ2v) is 6.62. The van der Waals surface area contributed by atoms with Gasteiger partial charge in [0.15, 0.2) is 0 Å². The van der Waals surface area contributed by atoms with E-state index in [0.717, 1.165) is 37.5 Å². The summed E-state index contributed by atoms with van der Waals surface area (Å²) in [6.45, 7) is 3.22. The molecule has 2 saturated heterocycles. The fraction of sp³-hybridized carbons (Fsp3) is 0.412. The molecule has 0 bridgehead atoms. The maximum absolute atomic E-state index is 5.74. The summed E-state index contributed by atoms with van der Waals surface area (Å²) >= 11 is 0. The molecule has 3 aromatic rings. The lowest BCUT2D eigenvalue weighted by atomic mass is 9.75. The zero-order valence-corrected chi connectivity index (χ0v) is 13.6. The van der Waals surface area contributed by atoms with E-state index in [-0.39, 0.29) is 5.41 Å². The number of nitrogens with zero attached hydrogens (tertiary/aromatic N) is 5. The first-order valence-electron chi connectivity index (χ1n) is 8.43. The number of pyridine rings is 1. The van der Waals surface area contributed by atoms with Gasteiger partial charge in [-0.2, -0.15) is 4.98 Å². The van der Waals surface area contributed by atoms with Gasteiger partial charge in [0, 0.05) is 37.3 Å². The molecule has 2 aliphatic heterocycles. The third kappa shape index (κ3) is 2.37. The molecule has 2 atom stereocenters. The van der Waals surface area contributed by atoms with Crippen LogP contribution in [0.15, 0.2) is 41.6 Å². The lowest BCUT2D eigenvalue weighted by Gasteiger charge is -2.34. The molecule has 0 unspecified atom stereocenters. The van der Waals surface area contributed by atoms with E-state index in [4.69, 9.17) is 14.2 Å². The summed E-state index contributed by atoms with van der Waals surface area (Å²) in [5.41, 5.74) is 0.660. The van der Waals surface area contributed by atoms with E-state index in [1.165, 1.54) is 0 Å². The van der Waals surface area contributed by atoms with Crippen LogP contribution in [0.2, 0.25) is 0 Å². The van der Waals surface area contributed by atoms with Gasteiger partial charge in [-0.25, -0.2) is 9.97 Å². The van der Waals surface area contributed by atoms with Crippen LogP contribution in [0.4, 0.5) is 0 Å². The van der Waals surface area contributed by atoms with Crippen LogP contribution in [-0.4, -0.2) is 51.0 Å². The summed E-state index contributed by atoms with van der Waals surface area (Å²) < 4.78 is 13.3. The van der Waals surface area contributed by atoms with Crippen LogP contribution in [0.5, 0.6) is 0 Å². The molecule has 128 valence electrons. The minimum absolute atomic E-state index is 0.205. The molecule has 0 spiro atoms. The average Bonchev–Trinajstić information content (AvgIpc) is 3.42. The highest BCUT2D eigenvalue weighted by molar-refractivity contribution is 5.56. The highest BCUT2D eigenvalue weighted by Gasteiger charge is 2.50. The van der Waals surface area contributed by atoms with Crippen molar-refractivity contribution in [2.45, 2.75) is 11.8 Å². The third-order valence-corrected chi connectivity index (χ3v) is 5.21. The molecule has 5 heterocycles. The summed E-state index contributed by atoms with van der Waals surface area (Å²) in [4.78, 5) is 13.1. The summed E-state index contributed by atoms with van der Waals surface area (Å²) in [6.07, 6.45) is 8.03. The van der Waals surface area contributed by atoms with Crippen molar-refractivity contribution in [1.29, 1.82) is 0 Å². The number of hydrogen-bond acceptors (Lipinski definition) is 7. The van der Waals surface area contributed by atoms with Crippen LogP contribution in [0, 0.1) is 5.92 Å². The van der Waals surface area contributed by atoms with Gasteiger partial charge < -0.3 is 14.6 Å². The molecule has 1 N–H and O–H groups in total. The number of hydrogen-bond donors (Lipinski definition) is 1. The Bertz CT molecular complexity index is 877. The molecule has 0 aromatic carbocycles. The first-order valence-corrected chi connectivity index (χ1v) is 8.43. The molecule has 5 rings (SSSR count). The molecule has 3 aromatic heterocycles. The van der Waals surface area contributed by atoms with E-state index >= 15 is 0 Å². The average molecular weight is 338 g/mol. The van der Waals surface area contributed by atoms with Crippen LogP contribution < -0.4 is 5.32 Å². The minimum atomic E-state index is -0.205. The van der Waals surface area contributed by atoms with Crippen molar-refractivity contribution in [2.24, 2.45) is 5.92 Å². The third-order valence-electron chi connectivity index (χ3n) is 5.21. The van der Waals surface area contributed by atoms with Gasteiger partial charge >= 0.3 is 0 Å². The Morgan fingerprint density at radius 3 is 3.24 bits per heavy atom. The van der Waals surface area contributed by atoms with Crippen LogP contribution in [0.3, 0.4) is 0 Å². The highest BCUT2D eigenvalue weighted by atomic mass is 16.5. The van der Waals surface area contributed by atoms with E-state index in [0.29, 0.717) is 24.2 Å². The number of fused-ring (bicyclic) bond motifs is 1. The maximum atomic E-state index is 5.74. The zero-order valence-electron chi connectivity index (χ0n) is 13.6. The second kappa shape index (κ2) is 5.75. The van der Waals surface area contributed by atoms with Gasteiger partial charge in [0.25, 0.3) is 0 Å². The summed E-state index contributed by atoms with van der Waals surface area (Å²) in [5, 5.41) is 7.67. The molecule has 0 radical (unpaired) electrons. The van der Waals surface area contributed by atoms with E-state index < -0.39 is 0 Å². The van der Waals surface area contributed by atoms with Gasteiger partial charge in [-0.05, 0) is 31.0 Å². The van der Waals surface area contributed by atoms with Gasteiger partial charge in [-0.15, -0.1) is 0 Å². The fourth-order valence-corrected chi connectivity index (χ4v) is 3.78. The molecule has 0 aliphatic carbocycles. The molecule has 2 fully saturated rings. The fourth-order valence-electron chi connectivity index (χ4n) is 3.78. The van der Waals surface area contributed by atoms with Crippen molar-refractivity contribution in [1.82, 2.24) is 30.0 Å². The highest BCUT2D eigenvalue weighted by Crippen LogP contribution is 2.40. The Balaban J connectivity index is 1.50. The lowest BCUT2D eigenvalue weighted by Crippen LogP contribution is -2.44. The van der Waals surface area contributed by atoms with Crippen molar-refractivity contribution in [3.05, 3.63) is 42.9 Å². The standard InChI is InChI=1S/C17H18N6O2/c1-3-20-14(23-5-4-18-11-23)7-12(1)15-21-16(25-22-15)17-9-19-8-13(17)2-6-24-10-17/h1,3-5,7,11,13,19H,2,6,8-10H2/t13-,17+/m1/s1. The van der Waals surface area contributed by atoms with Gasteiger partial charge in [0.1, 0.15) is 12.1 Å². The number of rotatable bonds is 3. The second-order valence-electron chi connectivity index (χ2n) is 6.62. The predicted octanol–water partition coefficient (Wildman–Crippen LogP) is 1.19. The Hall–Kier alpha value is -2.58. The zero-order chi connectivity index (χ0) is 16.7. The van der Waals surface area contributed by atoms with Crippen molar-refractivity contribution >= 4 is 0 Å². The monoisotopic (exact) mass is 338 g/mol. The molecular formula is C17H18N6O2. The first-order chi connectivity index (χ1) is 12.4. The van der Waals surface area contributed by atoms with E-state index in [1.807, 2.05) is 22.9 Å². The maximum Gasteiger partial charge on any atom is 0.237 e. The Morgan fingerprint density at radius 1 is 1.32 bits per heavy atom. The van der Waals surface area contributed by atoms with Crippen molar-refractivity contribution in [3.63, 3.8) is 0 Å². The molecule has 0 amide bonds. The smallest absolute Gasteiger partial charge is 0.237 e. The van der Waals surface area contributed by atoms with E-state index in [2.05, 4.69) is 20.4 Å². The van der Waals surface area contributed by atoms with Crippen molar-refractivity contribution < 1.29 is 9.26 Å². The largest absolute Gasteiger partial charge is 0.380 e. The van der Waals surface area contributed by atoms with Gasteiger partial charge in [-0.3, -0.25) is 4.57 Å². The SMILES string of the molecule is c1cn(-c2cc(-c3noc([C@]45CNC[C@H]4CCOC5)n3)ccn2)cn1. The molecule has 8 heteroatoms.